The Bertz CT molecular complexity index is 469. The zero-order chi connectivity index (χ0) is 15.3. The van der Waals surface area contributed by atoms with E-state index in [1.165, 1.54) is 30.4 Å². The highest BCUT2D eigenvalue weighted by molar-refractivity contribution is 6.30. The fourth-order valence-electron chi connectivity index (χ4n) is 3.22. The van der Waals surface area contributed by atoms with Crippen molar-refractivity contribution in [3.05, 3.63) is 28.3 Å². The molecule has 2 nitrogen and oxygen atoms in total. The van der Waals surface area contributed by atoms with E-state index in [2.05, 4.69) is 38.2 Å². The predicted octanol–water partition coefficient (Wildman–Crippen LogP) is 4.62. The summed E-state index contributed by atoms with van der Waals surface area (Å²) < 4.78 is 5.87. The molecule has 0 aliphatic carbocycles. The van der Waals surface area contributed by atoms with Crippen LogP contribution >= 0.6 is 11.6 Å². The van der Waals surface area contributed by atoms with Crippen molar-refractivity contribution < 1.29 is 4.74 Å². The summed E-state index contributed by atoms with van der Waals surface area (Å²) in [5.74, 6) is 1.10. The third-order valence-corrected chi connectivity index (χ3v) is 5.04. The van der Waals surface area contributed by atoms with Crippen LogP contribution in [0.2, 0.25) is 5.02 Å². The third kappa shape index (κ3) is 3.92. The highest BCUT2D eigenvalue weighted by Gasteiger charge is 2.29. The summed E-state index contributed by atoms with van der Waals surface area (Å²) in [5, 5.41) is 4.45. The minimum Gasteiger partial charge on any atom is -0.493 e. The lowest BCUT2D eigenvalue weighted by atomic mass is 9.76. The largest absolute Gasteiger partial charge is 0.493 e. The van der Waals surface area contributed by atoms with Crippen molar-refractivity contribution in [3.63, 3.8) is 0 Å². The zero-order valence-electron chi connectivity index (χ0n) is 13.6. The molecule has 0 unspecified atom stereocenters. The maximum Gasteiger partial charge on any atom is 0.125 e. The second kappa shape index (κ2) is 7.51. The highest BCUT2D eigenvalue weighted by Crippen LogP contribution is 2.39. The zero-order valence-corrected chi connectivity index (χ0v) is 14.4. The van der Waals surface area contributed by atoms with Crippen LogP contribution in [-0.4, -0.2) is 19.7 Å². The van der Waals surface area contributed by atoms with Crippen molar-refractivity contribution in [2.24, 2.45) is 5.41 Å². The molecule has 1 aromatic carbocycles. The van der Waals surface area contributed by atoms with Gasteiger partial charge < -0.3 is 10.1 Å². The van der Waals surface area contributed by atoms with Gasteiger partial charge in [-0.2, -0.15) is 0 Å². The normalized spacial score (nSPS) is 14.1. The van der Waals surface area contributed by atoms with E-state index in [1.807, 2.05) is 0 Å². The number of halogens is 1. The number of hydrogen-bond donors (Lipinski definition) is 1. The fourth-order valence-corrected chi connectivity index (χ4v) is 3.49. The average Bonchev–Trinajstić information content (AvgIpc) is 2.94. The first-order chi connectivity index (χ1) is 10.1. The molecular weight excluding hydrogens is 282 g/mol. The molecule has 21 heavy (non-hydrogen) atoms. The molecule has 118 valence electrons. The summed E-state index contributed by atoms with van der Waals surface area (Å²) in [5.41, 5.74) is 2.86. The van der Waals surface area contributed by atoms with E-state index in [9.17, 15) is 0 Å². The van der Waals surface area contributed by atoms with Crippen molar-refractivity contribution in [1.82, 2.24) is 5.32 Å². The van der Waals surface area contributed by atoms with E-state index in [-0.39, 0.29) is 0 Å². The van der Waals surface area contributed by atoms with E-state index >= 15 is 0 Å². The van der Waals surface area contributed by atoms with Crippen LogP contribution in [0.5, 0.6) is 5.75 Å². The first kappa shape index (κ1) is 16.6. The van der Waals surface area contributed by atoms with Crippen molar-refractivity contribution >= 4 is 11.6 Å². The Kier molecular flexibility index (Phi) is 5.95. The molecule has 0 saturated carbocycles. The maximum atomic E-state index is 6.30. The molecule has 0 saturated heterocycles. The SMILES string of the molecule is CCCNCC(CC)(CC)Cc1cc(Cl)cc2c1OCC2. The molecule has 1 N–H and O–H groups in total. The van der Waals surface area contributed by atoms with E-state index in [4.69, 9.17) is 16.3 Å². The molecule has 1 aromatic rings. The Balaban J connectivity index is 2.20. The summed E-state index contributed by atoms with van der Waals surface area (Å²) in [6, 6.07) is 4.16. The highest BCUT2D eigenvalue weighted by atomic mass is 35.5. The Morgan fingerprint density at radius 3 is 2.67 bits per heavy atom. The van der Waals surface area contributed by atoms with Crippen molar-refractivity contribution in [2.45, 2.75) is 52.9 Å². The van der Waals surface area contributed by atoms with Gasteiger partial charge in [-0.05, 0) is 60.9 Å². The van der Waals surface area contributed by atoms with Gasteiger partial charge in [-0.25, -0.2) is 0 Å². The topological polar surface area (TPSA) is 21.3 Å². The van der Waals surface area contributed by atoms with Crippen LogP contribution < -0.4 is 10.1 Å². The monoisotopic (exact) mass is 309 g/mol. The molecule has 1 heterocycles. The van der Waals surface area contributed by atoms with Gasteiger partial charge in [0.25, 0.3) is 0 Å². The fraction of sp³-hybridized carbons (Fsp3) is 0.667. The van der Waals surface area contributed by atoms with Gasteiger partial charge in [0, 0.05) is 18.0 Å². The van der Waals surface area contributed by atoms with Crippen LogP contribution in [0.15, 0.2) is 12.1 Å². The molecule has 2 rings (SSSR count). The van der Waals surface area contributed by atoms with Crippen LogP contribution in [0.4, 0.5) is 0 Å². The Hall–Kier alpha value is -0.730. The predicted molar refractivity (Wildman–Crippen MR) is 90.5 cm³/mol. The molecule has 3 heteroatoms. The Morgan fingerprint density at radius 2 is 2.00 bits per heavy atom. The van der Waals surface area contributed by atoms with Crippen LogP contribution in [0.1, 0.15) is 51.2 Å². The van der Waals surface area contributed by atoms with Crippen molar-refractivity contribution in [3.8, 4) is 5.75 Å². The molecule has 0 radical (unpaired) electrons. The molecular formula is C18H28ClNO. The maximum absolute atomic E-state index is 6.30. The van der Waals surface area contributed by atoms with E-state index in [0.717, 1.165) is 43.3 Å². The lowest BCUT2D eigenvalue weighted by Gasteiger charge is -2.33. The van der Waals surface area contributed by atoms with Crippen molar-refractivity contribution in [2.75, 3.05) is 19.7 Å². The van der Waals surface area contributed by atoms with E-state index < -0.39 is 0 Å². The van der Waals surface area contributed by atoms with Crippen LogP contribution in [0.3, 0.4) is 0 Å². The smallest absolute Gasteiger partial charge is 0.125 e. The van der Waals surface area contributed by atoms with Gasteiger partial charge in [-0.1, -0.05) is 32.4 Å². The van der Waals surface area contributed by atoms with Crippen LogP contribution in [0.25, 0.3) is 0 Å². The second-order valence-electron chi connectivity index (χ2n) is 6.21. The van der Waals surface area contributed by atoms with E-state index in [0.29, 0.717) is 5.41 Å². The minimum absolute atomic E-state index is 0.291. The number of rotatable bonds is 8. The lowest BCUT2D eigenvalue weighted by Crippen LogP contribution is -2.35. The van der Waals surface area contributed by atoms with Gasteiger partial charge in [-0.15, -0.1) is 0 Å². The van der Waals surface area contributed by atoms with Gasteiger partial charge in [0.2, 0.25) is 0 Å². The molecule has 0 fully saturated rings. The first-order valence-electron chi connectivity index (χ1n) is 8.29. The summed E-state index contributed by atoms with van der Waals surface area (Å²) >= 11 is 6.30. The van der Waals surface area contributed by atoms with Crippen LogP contribution in [-0.2, 0) is 12.8 Å². The summed E-state index contributed by atoms with van der Waals surface area (Å²) in [6.07, 6.45) is 5.55. The number of benzene rings is 1. The lowest BCUT2D eigenvalue weighted by molar-refractivity contribution is 0.243. The third-order valence-electron chi connectivity index (χ3n) is 4.82. The summed E-state index contributed by atoms with van der Waals surface area (Å²) in [7, 11) is 0. The molecule has 0 atom stereocenters. The van der Waals surface area contributed by atoms with Gasteiger partial charge in [-0.3, -0.25) is 0 Å². The molecule has 1 aliphatic rings. The second-order valence-corrected chi connectivity index (χ2v) is 6.65. The van der Waals surface area contributed by atoms with Gasteiger partial charge >= 0.3 is 0 Å². The quantitative estimate of drug-likeness (QED) is 0.707. The number of hydrogen-bond acceptors (Lipinski definition) is 2. The Morgan fingerprint density at radius 1 is 1.24 bits per heavy atom. The van der Waals surface area contributed by atoms with Gasteiger partial charge in [0.1, 0.15) is 5.75 Å². The van der Waals surface area contributed by atoms with Gasteiger partial charge in [0.05, 0.1) is 6.61 Å². The Labute approximate surface area is 134 Å². The molecule has 0 spiro atoms. The molecule has 1 aliphatic heterocycles. The number of fused-ring (bicyclic) bond motifs is 1. The standard InChI is InChI=1S/C18H28ClNO/c1-4-8-20-13-18(5-2,6-3)12-15-11-16(19)10-14-7-9-21-17(14)15/h10-11,20H,4-9,12-13H2,1-3H3. The number of nitrogens with one attached hydrogen (secondary N) is 1. The molecule has 0 aromatic heterocycles. The van der Waals surface area contributed by atoms with Crippen LogP contribution in [0, 0.1) is 5.41 Å². The molecule has 0 bridgehead atoms. The molecule has 0 amide bonds. The van der Waals surface area contributed by atoms with E-state index in [1.54, 1.807) is 0 Å². The average molecular weight is 310 g/mol. The summed E-state index contributed by atoms with van der Waals surface area (Å²) in [4.78, 5) is 0. The summed E-state index contributed by atoms with van der Waals surface area (Å²) in [6.45, 7) is 9.75. The minimum atomic E-state index is 0.291. The van der Waals surface area contributed by atoms with Gasteiger partial charge in [0.15, 0.2) is 0 Å². The first-order valence-corrected chi connectivity index (χ1v) is 8.66. The van der Waals surface area contributed by atoms with Crippen molar-refractivity contribution in [1.29, 1.82) is 0 Å². The number of ether oxygens (including phenoxy) is 1.